The SMILES string of the molecule is CNCc1ccc(-c2cc(F)ccc2C)c(C)c1. The third-order valence-corrected chi connectivity index (χ3v) is 3.16. The first-order valence-electron chi connectivity index (χ1n) is 6.12. The van der Waals surface area contributed by atoms with Gasteiger partial charge < -0.3 is 5.32 Å². The molecule has 0 aromatic heterocycles. The fourth-order valence-electron chi connectivity index (χ4n) is 2.23. The Balaban J connectivity index is 2.47. The molecule has 0 aliphatic carbocycles. The van der Waals surface area contributed by atoms with Gasteiger partial charge in [-0.15, -0.1) is 0 Å². The van der Waals surface area contributed by atoms with E-state index in [4.69, 9.17) is 0 Å². The molecule has 0 aliphatic rings. The van der Waals surface area contributed by atoms with E-state index in [1.165, 1.54) is 17.2 Å². The number of hydrogen-bond donors (Lipinski definition) is 1. The van der Waals surface area contributed by atoms with Crippen molar-refractivity contribution in [3.8, 4) is 11.1 Å². The van der Waals surface area contributed by atoms with E-state index in [0.717, 1.165) is 23.2 Å². The fourth-order valence-corrected chi connectivity index (χ4v) is 2.23. The fraction of sp³-hybridized carbons (Fsp3) is 0.250. The molecule has 0 saturated carbocycles. The van der Waals surface area contributed by atoms with Gasteiger partial charge in [-0.05, 0) is 60.8 Å². The molecule has 0 fully saturated rings. The van der Waals surface area contributed by atoms with Crippen LogP contribution in [0, 0.1) is 19.7 Å². The maximum atomic E-state index is 13.4. The summed E-state index contributed by atoms with van der Waals surface area (Å²) in [6.07, 6.45) is 0. The van der Waals surface area contributed by atoms with E-state index in [-0.39, 0.29) is 5.82 Å². The van der Waals surface area contributed by atoms with Crippen molar-refractivity contribution in [3.63, 3.8) is 0 Å². The van der Waals surface area contributed by atoms with Gasteiger partial charge in [0.05, 0.1) is 0 Å². The second-order valence-electron chi connectivity index (χ2n) is 4.64. The van der Waals surface area contributed by atoms with Crippen molar-refractivity contribution in [1.82, 2.24) is 5.32 Å². The van der Waals surface area contributed by atoms with Crippen LogP contribution in [0.4, 0.5) is 4.39 Å². The molecule has 2 aromatic rings. The van der Waals surface area contributed by atoms with Gasteiger partial charge in [-0.1, -0.05) is 24.3 Å². The quantitative estimate of drug-likeness (QED) is 0.864. The molecule has 0 atom stereocenters. The molecule has 2 rings (SSSR count). The van der Waals surface area contributed by atoms with E-state index in [1.807, 2.05) is 20.0 Å². The topological polar surface area (TPSA) is 12.0 Å². The van der Waals surface area contributed by atoms with Crippen molar-refractivity contribution in [1.29, 1.82) is 0 Å². The molecule has 0 aliphatic heterocycles. The van der Waals surface area contributed by atoms with Crippen LogP contribution in [0.2, 0.25) is 0 Å². The summed E-state index contributed by atoms with van der Waals surface area (Å²) in [5.41, 5.74) is 5.60. The van der Waals surface area contributed by atoms with E-state index in [0.29, 0.717) is 0 Å². The highest BCUT2D eigenvalue weighted by atomic mass is 19.1. The first-order valence-corrected chi connectivity index (χ1v) is 6.12. The van der Waals surface area contributed by atoms with Crippen molar-refractivity contribution in [2.45, 2.75) is 20.4 Å². The molecular weight excluding hydrogens is 225 g/mol. The molecule has 2 aromatic carbocycles. The zero-order valence-corrected chi connectivity index (χ0v) is 11.0. The Hall–Kier alpha value is -1.67. The zero-order valence-electron chi connectivity index (χ0n) is 11.0. The van der Waals surface area contributed by atoms with Gasteiger partial charge >= 0.3 is 0 Å². The summed E-state index contributed by atoms with van der Waals surface area (Å²) < 4.78 is 13.4. The van der Waals surface area contributed by atoms with Crippen LogP contribution in [0.3, 0.4) is 0 Å². The number of aryl methyl sites for hydroxylation is 2. The monoisotopic (exact) mass is 243 g/mol. The highest BCUT2D eigenvalue weighted by Crippen LogP contribution is 2.28. The molecule has 0 spiro atoms. The largest absolute Gasteiger partial charge is 0.316 e. The average Bonchev–Trinajstić information content (AvgIpc) is 2.33. The normalized spacial score (nSPS) is 10.7. The van der Waals surface area contributed by atoms with Gasteiger partial charge in [0.25, 0.3) is 0 Å². The summed E-state index contributed by atoms with van der Waals surface area (Å²) >= 11 is 0. The van der Waals surface area contributed by atoms with Crippen LogP contribution in [0.5, 0.6) is 0 Å². The van der Waals surface area contributed by atoms with E-state index in [1.54, 1.807) is 6.07 Å². The Bertz CT molecular complexity index is 561. The zero-order chi connectivity index (χ0) is 13.1. The first kappa shape index (κ1) is 12.8. The van der Waals surface area contributed by atoms with Crippen LogP contribution < -0.4 is 5.32 Å². The Morgan fingerprint density at radius 2 is 1.72 bits per heavy atom. The lowest BCUT2D eigenvalue weighted by atomic mass is 9.95. The Kier molecular flexibility index (Phi) is 3.78. The molecular formula is C16H18FN. The second-order valence-corrected chi connectivity index (χ2v) is 4.64. The standard InChI is InChI=1S/C16H18FN/c1-11-4-6-14(17)9-16(11)15-7-5-13(10-18-3)8-12(15)2/h4-9,18H,10H2,1-3H3. The number of rotatable bonds is 3. The minimum absolute atomic E-state index is 0.186. The third kappa shape index (κ3) is 2.59. The molecule has 0 saturated heterocycles. The van der Waals surface area contributed by atoms with Gasteiger partial charge in [0, 0.05) is 6.54 Å². The van der Waals surface area contributed by atoms with Crippen LogP contribution in [-0.2, 0) is 6.54 Å². The molecule has 0 bridgehead atoms. The van der Waals surface area contributed by atoms with E-state index in [9.17, 15) is 4.39 Å². The summed E-state index contributed by atoms with van der Waals surface area (Å²) in [4.78, 5) is 0. The summed E-state index contributed by atoms with van der Waals surface area (Å²) in [7, 11) is 1.93. The molecule has 1 nitrogen and oxygen atoms in total. The molecule has 0 amide bonds. The van der Waals surface area contributed by atoms with Gasteiger partial charge in [0.15, 0.2) is 0 Å². The van der Waals surface area contributed by atoms with Gasteiger partial charge in [-0.3, -0.25) is 0 Å². The van der Waals surface area contributed by atoms with E-state index in [2.05, 4.69) is 30.4 Å². The van der Waals surface area contributed by atoms with Gasteiger partial charge in [-0.25, -0.2) is 4.39 Å². The molecule has 94 valence electrons. The molecule has 0 heterocycles. The van der Waals surface area contributed by atoms with Crippen molar-refractivity contribution in [3.05, 3.63) is 58.9 Å². The lowest BCUT2D eigenvalue weighted by Gasteiger charge is -2.11. The minimum atomic E-state index is -0.186. The van der Waals surface area contributed by atoms with Crippen LogP contribution in [0.1, 0.15) is 16.7 Å². The molecule has 2 heteroatoms. The van der Waals surface area contributed by atoms with E-state index >= 15 is 0 Å². The predicted octanol–water partition coefficient (Wildman–Crippen LogP) is 3.83. The Morgan fingerprint density at radius 3 is 2.39 bits per heavy atom. The van der Waals surface area contributed by atoms with Crippen molar-refractivity contribution in [2.75, 3.05) is 7.05 Å². The second kappa shape index (κ2) is 5.32. The first-order chi connectivity index (χ1) is 8.61. The van der Waals surface area contributed by atoms with Crippen molar-refractivity contribution in [2.24, 2.45) is 0 Å². The summed E-state index contributed by atoms with van der Waals surface area (Å²) in [5.74, 6) is -0.186. The number of hydrogen-bond acceptors (Lipinski definition) is 1. The third-order valence-electron chi connectivity index (χ3n) is 3.16. The van der Waals surface area contributed by atoms with Gasteiger partial charge in [0.2, 0.25) is 0 Å². The van der Waals surface area contributed by atoms with E-state index < -0.39 is 0 Å². The summed E-state index contributed by atoms with van der Waals surface area (Å²) in [5, 5.41) is 3.13. The maximum Gasteiger partial charge on any atom is 0.123 e. The van der Waals surface area contributed by atoms with Crippen molar-refractivity contribution < 1.29 is 4.39 Å². The van der Waals surface area contributed by atoms with Crippen LogP contribution in [0.15, 0.2) is 36.4 Å². The smallest absolute Gasteiger partial charge is 0.123 e. The van der Waals surface area contributed by atoms with Crippen LogP contribution in [-0.4, -0.2) is 7.05 Å². The minimum Gasteiger partial charge on any atom is -0.316 e. The summed E-state index contributed by atoms with van der Waals surface area (Å²) in [6.45, 7) is 4.93. The molecule has 1 N–H and O–H groups in total. The predicted molar refractivity (Wildman–Crippen MR) is 74.1 cm³/mol. The van der Waals surface area contributed by atoms with Crippen LogP contribution >= 0.6 is 0 Å². The van der Waals surface area contributed by atoms with Gasteiger partial charge in [0.1, 0.15) is 5.82 Å². The lowest BCUT2D eigenvalue weighted by Crippen LogP contribution is -2.05. The Labute approximate surface area is 108 Å². The van der Waals surface area contributed by atoms with Crippen molar-refractivity contribution >= 4 is 0 Å². The summed E-state index contributed by atoms with van der Waals surface area (Å²) in [6, 6.07) is 11.2. The number of benzene rings is 2. The lowest BCUT2D eigenvalue weighted by molar-refractivity contribution is 0.628. The molecule has 0 radical (unpaired) electrons. The molecule has 18 heavy (non-hydrogen) atoms. The maximum absolute atomic E-state index is 13.4. The molecule has 0 unspecified atom stereocenters. The highest BCUT2D eigenvalue weighted by molar-refractivity contribution is 5.70. The average molecular weight is 243 g/mol. The Morgan fingerprint density at radius 1 is 0.944 bits per heavy atom. The van der Waals surface area contributed by atoms with Gasteiger partial charge in [-0.2, -0.15) is 0 Å². The number of halogens is 1. The van der Waals surface area contributed by atoms with Crippen LogP contribution in [0.25, 0.3) is 11.1 Å². The highest BCUT2D eigenvalue weighted by Gasteiger charge is 2.07. The number of nitrogens with one attached hydrogen (secondary N) is 1.